The lowest BCUT2D eigenvalue weighted by Gasteiger charge is -2.24. The predicted molar refractivity (Wildman–Crippen MR) is 270 cm³/mol. The number of rotatable bonds is 52. The summed E-state index contributed by atoms with van der Waals surface area (Å²) in [5.41, 5.74) is 0. The highest BCUT2D eigenvalue weighted by Crippen LogP contribution is 2.43. The van der Waals surface area contributed by atoms with Gasteiger partial charge in [-0.2, -0.15) is 0 Å². The monoisotopic (exact) mass is 915 g/mol. The van der Waals surface area contributed by atoms with Crippen molar-refractivity contribution in [1.29, 1.82) is 0 Å². The molecular formula is C54H109NO7P+. The number of carbonyl (C=O) groups excluding carboxylic acids is 1. The van der Waals surface area contributed by atoms with Crippen LogP contribution in [0, 0.1) is 0 Å². The number of unbranched alkanes of at least 4 members (excludes halogenated alkanes) is 36. The fourth-order valence-electron chi connectivity index (χ4n) is 8.08. The third-order valence-corrected chi connectivity index (χ3v) is 13.3. The summed E-state index contributed by atoms with van der Waals surface area (Å²) in [6, 6.07) is 0. The first-order chi connectivity index (χ1) is 30.6. The zero-order valence-electron chi connectivity index (χ0n) is 42.8. The van der Waals surface area contributed by atoms with Crippen molar-refractivity contribution in [2.24, 2.45) is 0 Å². The molecule has 0 rings (SSSR count). The molecule has 0 amide bonds. The predicted octanol–water partition coefficient (Wildman–Crippen LogP) is 17.0. The molecule has 0 heterocycles. The molecular weight excluding hydrogens is 806 g/mol. The number of hydrogen-bond acceptors (Lipinski definition) is 6. The SMILES string of the molecule is CCCCCCCCC/C=C\CCCCCCCCCC(=O)OC(COCCCCCCCCCCCCCCCCCCCCCCCCC)COP(=O)(O)OCC[N+](C)(C)C. The Hall–Kier alpha value is -0.760. The van der Waals surface area contributed by atoms with Crippen molar-refractivity contribution >= 4 is 13.8 Å². The van der Waals surface area contributed by atoms with Crippen molar-refractivity contribution in [3.05, 3.63) is 12.2 Å². The molecule has 63 heavy (non-hydrogen) atoms. The molecule has 0 aliphatic heterocycles. The maximum Gasteiger partial charge on any atom is 0.472 e. The molecule has 2 unspecified atom stereocenters. The zero-order valence-corrected chi connectivity index (χ0v) is 43.7. The van der Waals surface area contributed by atoms with E-state index in [1.165, 1.54) is 218 Å². The Labute approximate surface area is 392 Å². The minimum absolute atomic E-state index is 0.0914. The van der Waals surface area contributed by atoms with Gasteiger partial charge >= 0.3 is 13.8 Å². The van der Waals surface area contributed by atoms with Gasteiger partial charge in [0.05, 0.1) is 34.4 Å². The second-order valence-corrected chi connectivity index (χ2v) is 21.4. The van der Waals surface area contributed by atoms with Gasteiger partial charge in [0.25, 0.3) is 0 Å². The molecule has 0 bridgehead atoms. The quantitative estimate of drug-likeness (QED) is 0.0214. The van der Waals surface area contributed by atoms with Gasteiger partial charge < -0.3 is 18.9 Å². The summed E-state index contributed by atoms with van der Waals surface area (Å²) < 4.78 is 35.2. The van der Waals surface area contributed by atoms with E-state index in [1.807, 2.05) is 21.1 Å². The number of esters is 1. The molecule has 0 aromatic heterocycles. The molecule has 0 aliphatic rings. The van der Waals surface area contributed by atoms with Gasteiger partial charge in [-0.1, -0.05) is 238 Å². The van der Waals surface area contributed by atoms with Gasteiger partial charge in [0.2, 0.25) is 0 Å². The Kier molecular flexibility index (Phi) is 47.1. The Bertz CT molecular complexity index is 1020. The van der Waals surface area contributed by atoms with Crippen LogP contribution in [0.5, 0.6) is 0 Å². The first-order valence-electron chi connectivity index (χ1n) is 27.4. The summed E-state index contributed by atoms with van der Waals surface area (Å²) in [6.07, 6.45) is 55.5. The van der Waals surface area contributed by atoms with Crippen LogP contribution < -0.4 is 0 Å². The summed E-state index contributed by atoms with van der Waals surface area (Å²) in [4.78, 5) is 23.0. The van der Waals surface area contributed by atoms with Gasteiger partial charge in [-0.3, -0.25) is 13.8 Å². The molecule has 0 aliphatic carbocycles. The van der Waals surface area contributed by atoms with E-state index in [0.717, 1.165) is 32.1 Å². The van der Waals surface area contributed by atoms with Crippen molar-refractivity contribution in [2.75, 3.05) is 54.1 Å². The fraction of sp³-hybridized carbons (Fsp3) is 0.944. The van der Waals surface area contributed by atoms with Crippen molar-refractivity contribution in [3.8, 4) is 0 Å². The van der Waals surface area contributed by atoms with Crippen LogP contribution in [0.3, 0.4) is 0 Å². The molecule has 2 atom stereocenters. The van der Waals surface area contributed by atoms with Gasteiger partial charge in [-0.15, -0.1) is 0 Å². The highest BCUT2D eigenvalue weighted by atomic mass is 31.2. The van der Waals surface area contributed by atoms with Crippen LogP contribution in [0.15, 0.2) is 12.2 Å². The lowest BCUT2D eigenvalue weighted by Crippen LogP contribution is -2.37. The minimum Gasteiger partial charge on any atom is -0.457 e. The average molecular weight is 915 g/mol. The van der Waals surface area contributed by atoms with Crippen LogP contribution in [0.2, 0.25) is 0 Å². The number of hydrogen-bond donors (Lipinski definition) is 1. The van der Waals surface area contributed by atoms with Crippen LogP contribution >= 0.6 is 7.82 Å². The molecule has 376 valence electrons. The summed E-state index contributed by atoms with van der Waals surface area (Å²) in [5, 5.41) is 0. The molecule has 0 fully saturated rings. The number of allylic oxidation sites excluding steroid dienone is 2. The standard InChI is InChI=1S/C54H108NO7P/c1-6-8-10-12-14-16-18-20-22-24-26-27-28-29-30-32-34-36-38-40-42-44-46-49-59-51-53(52-61-63(57,58)60-50-48-55(3,4)5)62-54(56)47-45-43-41-39-37-35-33-31-25-23-21-19-17-15-13-11-9-7-2/h23,25,53H,6-22,24,26-52H2,1-5H3/p+1/b25-23-. The second-order valence-electron chi connectivity index (χ2n) is 20.0. The van der Waals surface area contributed by atoms with Crippen molar-refractivity contribution in [1.82, 2.24) is 0 Å². The number of phosphoric ester groups is 1. The first kappa shape index (κ1) is 62.2. The maximum atomic E-state index is 12.8. The fourth-order valence-corrected chi connectivity index (χ4v) is 8.82. The van der Waals surface area contributed by atoms with E-state index in [2.05, 4.69) is 26.0 Å². The number of ether oxygens (including phenoxy) is 2. The summed E-state index contributed by atoms with van der Waals surface area (Å²) >= 11 is 0. The molecule has 0 aromatic rings. The van der Waals surface area contributed by atoms with E-state index in [4.69, 9.17) is 18.5 Å². The lowest BCUT2D eigenvalue weighted by molar-refractivity contribution is -0.870. The van der Waals surface area contributed by atoms with Crippen molar-refractivity contribution in [3.63, 3.8) is 0 Å². The third kappa shape index (κ3) is 52.1. The minimum atomic E-state index is -4.28. The smallest absolute Gasteiger partial charge is 0.457 e. The van der Waals surface area contributed by atoms with Crippen LogP contribution in [-0.4, -0.2) is 75.6 Å². The molecule has 0 aromatic carbocycles. The van der Waals surface area contributed by atoms with Gasteiger partial charge in [-0.05, 0) is 38.5 Å². The maximum absolute atomic E-state index is 12.8. The highest BCUT2D eigenvalue weighted by Gasteiger charge is 2.26. The van der Waals surface area contributed by atoms with E-state index in [9.17, 15) is 14.3 Å². The van der Waals surface area contributed by atoms with E-state index in [1.54, 1.807) is 0 Å². The third-order valence-electron chi connectivity index (χ3n) is 12.3. The number of quaternary nitrogens is 1. The Morgan fingerprint density at radius 2 is 0.825 bits per heavy atom. The normalized spacial score (nSPS) is 13.6. The summed E-state index contributed by atoms with van der Waals surface area (Å²) in [7, 11) is 1.68. The topological polar surface area (TPSA) is 91.3 Å². The van der Waals surface area contributed by atoms with Crippen molar-refractivity contribution in [2.45, 2.75) is 277 Å². The molecule has 8 nitrogen and oxygen atoms in total. The van der Waals surface area contributed by atoms with Crippen molar-refractivity contribution < 1.29 is 37.3 Å². The zero-order chi connectivity index (χ0) is 46.2. The van der Waals surface area contributed by atoms with E-state index in [0.29, 0.717) is 24.1 Å². The molecule has 0 radical (unpaired) electrons. The van der Waals surface area contributed by atoms with Crippen LogP contribution in [0.1, 0.15) is 271 Å². The Morgan fingerprint density at radius 3 is 1.21 bits per heavy atom. The molecule has 0 spiro atoms. The summed E-state index contributed by atoms with van der Waals surface area (Å²) in [6.45, 7) is 5.69. The van der Waals surface area contributed by atoms with Gasteiger partial charge in [0, 0.05) is 13.0 Å². The van der Waals surface area contributed by atoms with E-state index < -0.39 is 13.9 Å². The largest absolute Gasteiger partial charge is 0.472 e. The Morgan fingerprint density at radius 1 is 0.476 bits per heavy atom. The van der Waals surface area contributed by atoms with Crippen LogP contribution in [0.4, 0.5) is 0 Å². The molecule has 0 saturated carbocycles. The summed E-state index contributed by atoms with van der Waals surface area (Å²) in [5.74, 6) is -0.311. The van der Waals surface area contributed by atoms with Gasteiger partial charge in [-0.25, -0.2) is 4.57 Å². The van der Waals surface area contributed by atoms with E-state index in [-0.39, 0.29) is 25.8 Å². The Balaban J connectivity index is 4.05. The highest BCUT2D eigenvalue weighted by molar-refractivity contribution is 7.47. The first-order valence-corrected chi connectivity index (χ1v) is 28.9. The van der Waals surface area contributed by atoms with Crippen LogP contribution in [-0.2, 0) is 27.9 Å². The van der Waals surface area contributed by atoms with Gasteiger partial charge in [0.15, 0.2) is 0 Å². The molecule has 9 heteroatoms. The molecule has 1 N–H and O–H groups in total. The second kappa shape index (κ2) is 47.7. The van der Waals surface area contributed by atoms with E-state index >= 15 is 0 Å². The lowest BCUT2D eigenvalue weighted by atomic mass is 10.0. The van der Waals surface area contributed by atoms with Gasteiger partial charge in [0.1, 0.15) is 19.3 Å². The average Bonchev–Trinajstić information content (AvgIpc) is 3.24. The number of nitrogens with zero attached hydrogens (tertiary/aromatic N) is 1. The number of phosphoric acid groups is 1. The molecule has 0 saturated heterocycles. The number of likely N-dealkylation sites (N-methyl/N-ethyl adjacent to an activating group) is 1. The van der Waals surface area contributed by atoms with Crippen LogP contribution in [0.25, 0.3) is 0 Å². The number of carbonyl (C=O) groups is 1.